The average molecular weight is 167 g/mol. The fourth-order valence-electron chi connectivity index (χ4n) is 1.86. The zero-order valence-electron chi connectivity index (χ0n) is 7.20. The Kier molecular flexibility index (Phi) is 1.28. The van der Waals surface area contributed by atoms with Crippen molar-refractivity contribution in [3.8, 4) is 0 Å². The van der Waals surface area contributed by atoms with E-state index in [9.17, 15) is 0 Å². The summed E-state index contributed by atoms with van der Waals surface area (Å²) in [6.07, 6.45) is 7.36. The predicted molar refractivity (Wildman–Crippen MR) is 52.5 cm³/mol. The monoisotopic (exact) mass is 167 g/mol. The summed E-state index contributed by atoms with van der Waals surface area (Å²) in [4.78, 5) is 4.55. The number of hydrogen-bond acceptors (Lipinski definition) is 1. The van der Waals surface area contributed by atoms with Crippen LogP contribution in [0, 0.1) is 0 Å². The van der Waals surface area contributed by atoms with E-state index in [1.807, 2.05) is 6.07 Å². The Morgan fingerprint density at radius 3 is 3.08 bits per heavy atom. The molecule has 1 aromatic carbocycles. The second kappa shape index (κ2) is 2.43. The molecule has 1 aliphatic heterocycles. The molecule has 0 aromatic heterocycles. The number of benzene rings is 1. The van der Waals surface area contributed by atoms with E-state index in [4.69, 9.17) is 0 Å². The first-order valence-corrected chi connectivity index (χ1v) is 4.49. The fraction of sp³-hybridized carbons (Fsp3) is 0.0833. The lowest BCUT2D eigenvalue weighted by Crippen LogP contribution is -2.21. The summed E-state index contributed by atoms with van der Waals surface area (Å²) in [6, 6.07) is 8.33. The first kappa shape index (κ1) is 6.84. The van der Waals surface area contributed by atoms with Gasteiger partial charge in [-0.2, -0.15) is 0 Å². The van der Waals surface area contributed by atoms with Crippen LogP contribution in [0.5, 0.6) is 0 Å². The highest BCUT2D eigenvalue weighted by atomic mass is 14.8. The maximum Gasteiger partial charge on any atom is 0.0713 e. The Balaban J connectivity index is 2.46. The van der Waals surface area contributed by atoms with Crippen molar-refractivity contribution in [2.45, 2.75) is 6.42 Å². The number of fused-ring (bicyclic) bond motifs is 2. The maximum absolute atomic E-state index is 4.55. The van der Waals surface area contributed by atoms with E-state index in [0.717, 1.165) is 17.5 Å². The summed E-state index contributed by atoms with van der Waals surface area (Å²) in [5, 5.41) is 2.42. The molecule has 1 heteroatoms. The highest BCUT2D eigenvalue weighted by Crippen LogP contribution is 2.21. The van der Waals surface area contributed by atoms with Crippen LogP contribution in [0.15, 0.2) is 53.2 Å². The van der Waals surface area contributed by atoms with Gasteiger partial charge in [0.15, 0.2) is 0 Å². The molecule has 62 valence electrons. The number of rotatable bonds is 0. The second-order valence-corrected chi connectivity index (χ2v) is 3.29. The van der Waals surface area contributed by atoms with E-state index in [1.54, 1.807) is 0 Å². The van der Waals surface area contributed by atoms with Gasteiger partial charge in [-0.3, -0.25) is 0 Å². The van der Waals surface area contributed by atoms with Crippen molar-refractivity contribution in [2.75, 3.05) is 0 Å². The zero-order chi connectivity index (χ0) is 8.67. The smallest absolute Gasteiger partial charge is 0.0713 e. The molecule has 2 aliphatic rings. The van der Waals surface area contributed by atoms with E-state index < -0.39 is 0 Å². The van der Waals surface area contributed by atoms with Gasteiger partial charge in [0.1, 0.15) is 0 Å². The summed E-state index contributed by atoms with van der Waals surface area (Å²) >= 11 is 0. The van der Waals surface area contributed by atoms with Gasteiger partial charge < -0.3 is 0 Å². The van der Waals surface area contributed by atoms with E-state index >= 15 is 0 Å². The van der Waals surface area contributed by atoms with Crippen molar-refractivity contribution >= 4 is 5.57 Å². The quantitative estimate of drug-likeness (QED) is 0.552. The van der Waals surface area contributed by atoms with Gasteiger partial charge in [0, 0.05) is 5.22 Å². The molecule has 13 heavy (non-hydrogen) atoms. The van der Waals surface area contributed by atoms with Crippen LogP contribution >= 0.6 is 0 Å². The van der Waals surface area contributed by atoms with E-state index in [-0.39, 0.29) is 0 Å². The molecule has 1 heterocycles. The molecular formula is C12H9N. The Labute approximate surface area is 76.4 Å². The molecule has 3 rings (SSSR count). The molecule has 0 spiro atoms. The predicted octanol–water partition coefficient (Wildman–Crippen LogP) is 1.31. The Bertz CT molecular complexity index is 532. The van der Waals surface area contributed by atoms with E-state index in [2.05, 4.69) is 41.4 Å². The first-order chi connectivity index (χ1) is 6.45. The van der Waals surface area contributed by atoms with Crippen LogP contribution in [0.25, 0.3) is 5.57 Å². The Morgan fingerprint density at radius 1 is 1.15 bits per heavy atom. The molecular weight excluding hydrogens is 158 g/mol. The van der Waals surface area contributed by atoms with Gasteiger partial charge in [-0.05, 0) is 24.1 Å². The molecule has 1 aromatic rings. The topological polar surface area (TPSA) is 12.4 Å². The largest absolute Gasteiger partial charge is 0.248 e. The maximum atomic E-state index is 4.55. The standard InChI is InChI=1S/C12H9N/c1-3-7-11-9(5-1)10-6-2-4-8-12(10)13-11/h1-5,7-8H,6H2. The minimum atomic E-state index is 1.02. The van der Waals surface area contributed by atoms with Gasteiger partial charge in [0.2, 0.25) is 0 Å². The molecule has 0 bridgehead atoms. The summed E-state index contributed by atoms with van der Waals surface area (Å²) < 4.78 is 0. The molecule has 0 atom stereocenters. The lowest BCUT2D eigenvalue weighted by Gasteiger charge is -2.03. The average Bonchev–Trinajstić information content (AvgIpc) is 2.56. The minimum Gasteiger partial charge on any atom is -0.248 e. The summed E-state index contributed by atoms with van der Waals surface area (Å²) in [7, 11) is 0. The highest BCUT2D eigenvalue weighted by Gasteiger charge is 2.11. The third-order valence-corrected chi connectivity index (χ3v) is 2.49. The van der Waals surface area contributed by atoms with Crippen molar-refractivity contribution in [1.82, 2.24) is 0 Å². The van der Waals surface area contributed by atoms with Crippen molar-refractivity contribution in [3.05, 3.63) is 58.8 Å². The van der Waals surface area contributed by atoms with Crippen molar-refractivity contribution < 1.29 is 0 Å². The summed E-state index contributed by atoms with van der Waals surface area (Å²) in [6.45, 7) is 0. The van der Waals surface area contributed by atoms with Crippen LogP contribution in [-0.2, 0) is 0 Å². The molecule has 0 saturated heterocycles. The highest BCUT2D eigenvalue weighted by molar-refractivity contribution is 5.69. The van der Waals surface area contributed by atoms with Crippen LogP contribution in [0.4, 0.5) is 0 Å². The molecule has 0 amide bonds. The molecule has 0 N–H and O–H groups in total. The molecule has 1 nitrogen and oxygen atoms in total. The number of nitrogens with zero attached hydrogens (tertiary/aromatic N) is 1. The van der Waals surface area contributed by atoms with Crippen molar-refractivity contribution in [1.29, 1.82) is 0 Å². The minimum absolute atomic E-state index is 1.02. The van der Waals surface area contributed by atoms with Crippen LogP contribution in [0.3, 0.4) is 0 Å². The molecule has 0 unspecified atom stereocenters. The molecule has 0 fully saturated rings. The molecule has 0 radical (unpaired) electrons. The van der Waals surface area contributed by atoms with Gasteiger partial charge in [-0.25, -0.2) is 4.99 Å². The molecule has 0 saturated carbocycles. The van der Waals surface area contributed by atoms with E-state index in [0.29, 0.717) is 0 Å². The van der Waals surface area contributed by atoms with Gasteiger partial charge >= 0.3 is 0 Å². The third kappa shape index (κ3) is 0.903. The number of para-hydroxylation sites is 1. The summed E-state index contributed by atoms with van der Waals surface area (Å²) in [5.41, 5.74) is 2.52. The van der Waals surface area contributed by atoms with Gasteiger partial charge in [0.05, 0.1) is 11.1 Å². The van der Waals surface area contributed by atoms with Gasteiger partial charge in [-0.1, -0.05) is 30.4 Å². The number of allylic oxidation sites excluding steroid dienone is 4. The van der Waals surface area contributed by atoms with Crippen LogP contribution in [0.1, 0.15) is 6.42 Å². The third-order valence-electron chi connectivity index (χ3n) is 2.49. The van der Waals surface area contributed by atoms with E-state index in [1.165, 1.54) is 10.8 Å². The normalized spacial score (nSPS) is 17.5. The van der Waals surface area contributed by atoms with Crippen LogP contribution < -0.4 is 10.6 Å². The zero-order valence-corrected chi connectivity index (χ0v) is 7.20. The van der Waals surface area contributed by atoms with Gasteiger partial charge in [0.25, 0.3) is 0 Å². The number of hydrogen-bond donors (Lipinski definition) is 0. The fourth-order valence-corrected chi connectivity index (χ4v) is 1.86. The van der Waals surface area contributed by atoms with Gasteiger partial charge in [-0.15, -0.1) is 0 Å². The molecule has 1 aliphatic carbocycles. The first-order valence-electron chi connectivity index (χ1n) is 4.49. The Hall–Kier alpha value is -1.63. The van der Waals surface area contributed by atoms with Crippen molar-refractivity contribution in [3.63, 3.8) is 0 Å². The van der Waals surface area contributed by atoms with Crippen LogP contribution in [0.2, 0.25) is 0 Å². The Morgan fingerprint density at radius 2 is 2.08 bits per heavy atom. The lowest BCUT2D eigenvalue weighted by molar-refractivity contribution is 1.27. The van der Waals surface area contributed by atoms with Crippen LogP contribution in [-0.4, -0.2) is 0 Å². The summed E-state index contributed by atoms with van der Waals surface area (Å²) in [5.74, 6) is 0. The second-order valence-electron chi connectivity index (χ2n) is 3.29. The van der Waals surface area contributed by atoms with Crippen molar-refractivity contribution in [2.24, 2.45) is 4.99 Å². The lowest BCUT2D eigenvalue weighted by atomic mass is 10.0. The SMILES string of the molecule is C1=CCC2=c3ccccc3=NC2=C1.